The maximum absolute atomic E-state index is 13.2. The summed E-state index contributed by atoms with van der Waals surface area (Å²) in [7, 11) is 0. The van der Waals surface area contributed by atoms with Crippen molar-refractivity contribution in [3.05, 3.63) is 99.7 Å². The average molecular weight is 538 g/mol. The van der Waals surface area contributed by atoms with Crippen molar-refractivity contribution >= 4 is 57.6 Å². The van der Waals surface area contributed by atoms with Crippen LogP contribution in [0.1, 0.15) is 21.5 Å². The Morgan fingerprint density at radius 3 is 2.58 bits per heavy atom. The number of benzene rings is 3. The number of rotatable bonds is 6. The van der Waals surface area contributed by atoms with Gasteiger partial charge in [-0.25, -0.2) is 0 Å². The fraction of sp³-hybridized carbons (Fsp3) is 0.214. The van der Waals surface area contributed by atoms with Gasteiger partial charge in [0.2, 0.25) is 0 Å². The molecule has 0 bridgehead atoms. The smallest absolute Gasteiger partial charge is 0.253 e. The van der Waals surface area contributed by atoms with Crippen molar-refractivity contribution in [2.75, 3.05) is 30.9 Å². The number of amides is 1. The van der Waals surface area contributed by atoms with Crippen molar-refractivity contribution in [2.45, 2.75) is 18.4 Å². The molecule has 1 saturated heterocycles. The predicted octanol–water partition coefficient (Wildman–Crippen LogP) is 6.93. The van der Waals surface area contributed by atoms with Crippen molar-refractivity contribution in [1.29, 1.82) is 0 Å². The van der Waals surface area contributed by atoms with E-state index in [1.807, 2.05) is 60.5 Å². The first-order chi connectivity index (χ1) is 17.5. The third-order valence-electron chi connectivity index (χ3n) is 6.41. The summed E-state index contributed by atoms with van der Waals surface area (Å²) in [6.45, 7) is 5.76. The van der Waals surface area contributed by atoms with Crippen LogP contribution >= 0.6 is 35.1 Å². The summed E-state index contributed by atoms with van der Waals surface area (Å²) >= 11 is 13.9. The molecule has 1 aromatic heterocycles. The van der Waals surface area contributed by atoms with E-state index < -0.39 is 0 Å². The Kier molecular flexibility index (Phi) is 7.67. The molecule has 36 heavy (non-hydrogen) atoms. The molecule has 0 unspecified atom stereocenters. The van der Waals surface area contributed by atoms with Crippen LogP contribution in [0.4, 0.5) is 5.69 Å². The lowest BCUT2D eigenvalue weighted by Gasteiger charge is -2.35. The molecule has 0 aliphatic carbocycles. The van der Waals surface area contributed by atoms with Gasteiger partial charge in [-0.2, -0.15) is 0 Å². The molecule has 1 aliphatic rings. The number of aryl methyl sites for hydroxylation is 1. The van der Waals surface area contributed by atoms with Gasteiger partial charge in [0.15, 0.2) is 0 Å². The van der Waals surface area contributed by atoms with E-state index in [1.54, 1.807) is 6.07 Å². The number of hydrogen-bond acceptors (Lipinski definition) is 5. The summed E-state index contributed by atoms with van der Waals surface area (Å²) in [6.07, 6.45) is 1.81. The average Bonchev–Trinajstić information content (AvgIpc) is 2.89. The lowest BCUT2D eigenvalue weighted by atomic mass is 10.1. The summed E-state index contributed by atoms with van der Waals surface area (Å²) in [5.41, 5.74) is 4.74. The monoisotopic (exact) mass is 536 g/mol. The van der Waals surface area contributed by atoms with Gasteiger partial charge >= 0.3 is 0 Å². The molecule has 0 spiro atoms. The minimum Gasteiger partial charge on any atom is -0.336 e. The van der Waals surface area contributed by atoms with Crippen LogP contribution < -0.4 is 4.72 Å². The highest BCUT2D eigenvalue weighted by Gasteiger charge is 2.23. The number of carbonyl (C=O) groups is 1. The second-order valence-corrected chi connectivity index (χ2v) is 10.6. The predicted molar refractivity (Wildman–Crippen MR) is 150 cm³/mol. The van der Waals surface area contributed by atoms with Crippen molar-refractivity contribution in [3.63, 3.8) is 0 Å². The molecule has 4 aromatic rings. The number of piperazine rings is 1. The van der Waals surface area contributed by atoms with Crippen LogP contribution in [0.3, 0.4) is 0 Å². The summed E-state index contributed by atoms with van der Waals surface area (Å²) < 4.78 is 3.43. The van der Waals surface area contributed by atoms with Crippen molar-refractivity contribution in [2.24, 2.45) is 0 Å². The van der Waals surface area contributed by atoms with E-state index in [9.17, 15) is 4.79 Å². The number of anilines is 1. The van der Waals surface area contributed by atoms with Crippen molar-refractivity contribution in [3.8, 4) is 0 Å². The quantitative estimate of drug-likeness (QED) is 0.271. The zero-order valence-electron chi connectivity index (χ0n) is 19.9. The van der Waals surface area contributed by atoms with Crippen LogP contribution in [0.5, 0.6) is 0 Å². The van der Waals surface area contributed by atoms with E-state index in [0.717, 1.165) is 52.2 Å². The van der Waals surface area contributed by atoms with Crippen molar-refractivity contribution < 1.29 is 4.79 Å². The zero-order valence-corrected chi connectivity index (χ0v) is 22.2. The first-order valence-corrected chi connectivity index (χ1v) is 13.4. The Bertz CT molecular complexity index is 1400. The lowest BCUT2D eigenvalue weighted by molar-refractivity contribution is 0.0628. The van der Waals surface area contributed by atoms with E-state index >= 15 is 0 Å². The van der Waals surface area contributed by atoms with Crippen LogP contribution in [0.2, 0.25) is 10.0 Å². The van der Waals surface area contributed by atoms with Gasteiger partial charge in [0.25, 0.3) is 5.91 Å². The molecule has 184 valence electrons. The van der Waals surface area contributed by atoms with Gasteiger partial charge in [0, 0.05) is 65.6 Å². The van der Waals surface area contributed by atoms with Crippen LogP contribution in [-0.4, -0.2) is 46.9 Å². The van der Waals surface area contributed by atoms with E-state index in [4.69, 9.17) is 23.2 Å². The van der Waals surface area contributed by atoms with Gasteiger partial charge in [-0.3, -0.25) is 14.7 Å². The van der Waals surface area contributed by atoms with Crippen LogP contribution in [0.25, 0.3) is 10.9 Å². The summed E-state index contributed by atoms with van der Waals surface area (Å²) in [5.74, 6) is 0.0692. The third kappa shape index (κ3) is 5.62. The number of para-hydroxylation sites is 1. The second-order valence-electron chi connectivity index (χ2n) is 8.87. The lowest BCUT2D eigenvalue weighted by Crippen LogP contribution is -2.48. The number of halogens is 2. The zero-order chi connectivity index (χ0) is 25.1. The van der Waals surface area contributed by atoms with E-state index in [2.05, 4.69) is 32.8 Å². The molecule has 0 radical (unpaired) electrons. The molecule has 5 rings (SSSR count). The molecular weight excluding hydrogens is 511 g/mol. The summed E-state index contributed by atoms with van der Waals surface area (Å²) in [4.78, 5) is 23.0. The van der Waals surface area contributed by atoms with Gasteiger partial charge in [0.05, 0.1) is 10.4 Å². The Morgan fingerprint density at radius 2 is 1.81 bits per heavy atom. The molecule has 3 aromatic carbocycles. The van der Waals surface area contributed by atoms with Crippen LogP contribution in [0, 0.1) is 6.92 Å². The fourth-order valence-corrected chi connectivity index (χ4v) is 5.69. The highest BCUT2D eigenvalue weighted by molar-refractivity contribution is 8.00. The van der Waals surface area contributed by atoms with E-state index in [0.29, 0.717) is 28.7 Å². The number of pyridine rings is 1. The fourth-order valence-electron chi connectivity index (χ4n) is 4.36. The molecule has 2 heterocycles. The third-order valence-corrected chi connectivity index (χ3v) is 7.87. The second kappa shape index (κ2) is 11.1. The molecule has 0 atom stereocenters. The number of hydrogen-bond donors (Lipinski definition) is 1. The molecule has 0 saturated carbocycles. The minimum atomic E-state index is 0.0692. The Morgan fingerprint density at radius 1 is 1.00 bits per heavy atom. The first-order valence-electron chi connectivity index (χ1n) is 11.8. The molecule has 1 N–H and O–H groups in total. The van der Waals surface area contributed by atoms with Crippen molar-refractivity contribution in [1.82, 2.24) is 14.8 Å². The molecule has 5 nitrogen and oxygen atoms in total. The number of carbonyl (C=O) groups excluding carboxylic acids is 1. The molecule has 8 heteroatoms. The highest BCUT2D eigenvalue weighted by Crippen LogP contribution is 2.29. The summed E-state index contributed by atoms with van der Waals surface area (Å²) in [5, 5.41) is 2.43. The summed E-state index contributed by atoms with van der Waals surface area (Å²) in [6, 6.07) is 21.6. The Hall–Kier alpha value is -2.77. The topological polar surface area (TPSA) is 48.5 Å². The molecular formula is C28H26Cl2N4OS. The van der Waals surface area contributed by atoms with Gasteiger partial charge in [-0.15, -0.1) is 0 Å². The SMILES string of the molecule is Cc1cc(C(=O)N2CCN(Cc3ccc(Cl)cc3Cl)CC2)ccc1NSc1cccc2cccnc12. The van der Waals surface area contributed by atoms with Gasteiger partial charge in [-0.05, 0) is 72.5 Å². The maximum atomic E-state index is 13.2. The van der Waals surface area contributed by atoms with Gasteiger partial charge in [-0.1, -0.05) is 47.5 Å². The highest BCUT2D eigenvalue weighted by atomic mass is 35.5. The minimum absolute atomic E-state index is 0.0692. The van der Waals surface area contributed by atoms with Crippen LogP contribution in [-0.2, 0) is 6.54 Å². The maximum Gasteiger partial charge on any atom is 0.253 e. The van der Waals surface area contributed by atoms with Crippen LogP contribution in [0.15, 0.2) is 77.8 Å². The number of nitrogens with one attached hydrogen (secondary N) is 1. The number of nitrogens with zero attached hydrogens (tertiary/aromatic N) is 3. The Labute approximate surface area is 225 Å². The van der Waals surface area contributed by atoms with E-state index in [-0.39, 0.29) is 5.91 Å². The van der Waals surface area contributed by atoms with E-state index in [1.165, 1.54) is 11.9 Å². The molecule has 1 amide bonds. The first kappa shape index (κ1) is 24.9. The normalized spacial score (nSPS) is 14.2. The molecule has 1 aliphatic heterocycles. The largest absolute Gasteiger partial charge is 0.336 e. The number of fused-ring (bicyclic) bond motifs is 1. The molecule has 1 fully saturated rings. The standard InChI is InChI=1S/C28H26Cl2N4OS/c1-19-16-21(8-10-25(19)32-36-26-6-2-4-20-5-3-11-31-27(20)26)28(35)34-14-12-33(13-15-34)18-22-7-9-23(29)17-24(22)30/h2-11,16-17,32H,12-15,18H2,1H3. The van der Waals surface area contributed by atoms with Gasteiger partial charge in [0.1, 0.15) is 0 Å². The van der Waals surface area contributed by atoms with Gasteiger partial charge < -0.3 is 9.62 Å². The number of aromatic nitrogens is 1. The Balaban J connectivity index is 1.18.